The van der Waals surface area contributed by atoms with Gasteiger partial charge in [0.25, 0.3) is 11.5 Å². The molecule has 2 bridgehead atoms. The third-order valence-electron chi connectivity index (χ3n) is 7.95. The second kappa shape index (κ2) is 10.4. The van der Waals surface area contributed by atoms with E-state index >= 15 is 0 Å². The number of primary amides is 1. The van der Waals surface area contributed by atoms with Crippen molar-refractivity contribution in [3.63, 3.8) is 0 Å². The summed E-state index contributed by atoms with van der Waals surface area (Å²) in [4.78, 5) is 48.8. The normalized spacial score (nSPS) is 25.6. The zero-order valence-corrected chi connectivity index (χ0v) is 20.3. The monoisotopic (exact) mass is 495 g/mol. The van der Waals surface area contributed by atoms with Crippen LogP contribution in [-0.4, -0.2) is 61.9 Å². The number of aliphatic carboxylic acids is 1. The number of benzene rings is 1. The van der Waals surface area contributed by atoms with Crippen LogP contribution in [0.25, 0.3) is 11.0 Å². The molecular formula is C26H33N5O5. The second-order valence-corrected chi connectivity index (χ2v) is 10.2. The fourth-order valence-corrected chi connectivity index (χ4v) is 6.59. The van der Waals surface area contributed by atoms with E-state index in [0.29, 0.717) is 29.2 Å². The molecule has 1 unspecified atom stereocenters. The molecule has 3 N–H and O–H groups in total. The van der Waals surface area contributed by atoms with E-state index < -0.39 is 29.8 Å². The van der Waals surface area contributed by atoms with Gasteiger partial charge in [-0.1, -0.05) is 43.0 Å². The van der Waals surface area contributed by atoms with E-state index in [1.165, 1.54) is 38.5 Å². The fraction of sp³-hybridized carbons (Fsp3) is 0.577. The van der Waals surface area contributed by atoms with Crippen molar-refractivity contribution in [1.29, 1.82) is 0 Å². The lowest BCUT2D eigenvalue weighted by atomic mass is 9.78. The molecule has 36 heavy (non-hydrogen) atoms. The van der Waals surface area contributed by atoms with Crippen molar-refractivity contribution >= 4 is 28.6 Å². The number of carbonyl (C=O) groups is 2. The molecule has 3 aliphatic rings. The first-order chi connectivity index (χ1) is 17.4. The maximum absolute atomic E-state index is 13.8. The number of hydrogen-bond donors (Lipinski definition) is 2. The molecule has 0 radical (unpaired) electrons. The Morgan fingerprint density at radius 2 is 1.67 bits per heavy atom. The Labute approximate surface area is 209 Å². The average Bonchev–Trinajstić information content (AvgIpc) is 2.86. The Balaban J connectivity index is 1.55. The summed E-state index contributed by atoms with van der Waals surface area (Å²) in [5.41, 5.74) is 4.81. The molecule has 192 valence electrons. The summed E-state index contributed by atoms with van der Waals surface area (Å²) in [5, 5.41) is 13.3. The number of hydrogen-bond acceptors (Lipinski definition) is 7. The van der Waals surface area contributed by atoms with Gasteiger partial charge in [0.1, 0.15) is 0 Å². The van der Waals surface area contributed by atoms with Crippen LogP contribution in [-0.2, 0) is 14.4 Å². The van der Waals surface area contributed by atoms with Gasteiger partial charge in [0.2, 0.25) is 5.71 Å². The van der Waals surface area contributed by atoms with Crippen molar-refractivity contribution in [3.8, 4) is 0 Å². The van der Waals surface area contributed by atoms with Gasteiger partial charge in [-0.25, -0.2) is 9.78 Å². The van der Waals surface area contributed by atoms with Crippen LogP contribution in [0.5, 0.6) is 0 Å². The number of nitrogens with zero attached hydrogens (tertiary/aromatic N) is 4. The van der Waals surface area contributed by atoms with Crippen molar-refractivity contribution in [2.75, 3.05) is 6.61 Å². The molecule has 1 aromatic heterocycles. The van der Waals surface area contributed by atoms with E-state index in [2.05, 4.69) is 15.0 Å². The molecule has 10 nitrogen and oxygen atoms in total. The van der Waals surface area contributed by atoms with E-state index in [9.17, 15) is 19.5 Å². The van der Waals surface area contributed by atoms with Crippen molar-refractivity contribution in [1.82, 2.24) is 14.5 Å². The number of oxime groups is 1. The maximum atomic E-state index is 13.8. The Morgan fingerprint density at radius 3 is 2.33 bits per heavy atom. The number of carboxylic acids is 1. The summed E-state index contributed by atoms with van der Waals surface area (Å²) in [7, 11) is 0. The van der Waals surface area contributed by atoms with Gasteiger partial charge in [0.05, 0.1) is 11.0 Å². The molecule has 5 rings (SSSR count). The van der Waals surface area contributed by atoms with Crippen LogP contribution in [0, 0.1) is 0 Å². The van der Waals surface area contributed by atoms with Crippen LogP contribution in [0.1, 0.15) is 75.9 Å². The highest BCUT2D eigenvalue weighted by atomic mass is 16.6. The van der Waals surface area contributed by atoms with Crippen molar-refractivity contribution in [2.45, 2.75) is 88.4 Å². The molecule has 3 atom stereocenters. The van der Waals surface area contributed by atoms with Crippen LogP contribution in [0.3, 0.4) is 0 Å². The molecule has 2 aromatic rings. The molecule has 2 aliphatic heterocycles. The number of carboxylic acid groups (broad SMARTS) is 1. The van der Waals surface area contributed by atoms with Crippen molar-refractivity contribution in [3.05, 3.63) is 40.3 Å². The number of fused-ring (bicyclic) bond motifs is 3. The number of rotatable bonds is 7. The lowest BCUT2D eigenvalue weighted by molar-refractivity contribution is -0.130. The van der Waals surface area contributed by atoms with Crippen LogP contribution < -0.4 is 11.3 Å². The minimum atomic E-state index is -1.46. The summed E-state index contributed by atoms with van der Waals surface area (Å²) in [6.07, 6.45) is 11.5. The highest BCUT2D eigenvalue weighted by molar-refractivity contribution is 6.41. The highest BCUT2D eigenvalue weighted by Gasteiger charge is 2.43. The molecule has 10 heteroatoms. The Morgan fingerprint density at radius 1 is 1.00 bits per heavy atom. The average molecular weight is 496 g/mol. The van der Waals surface area contributed by atoms with Crippen LogP contribution >= 0.6 is 0 Å². The summed E-state index contributed by atoms with van der Waals surface area (Å²) in [6, 6.07) is 8.67. The van der Waals surface area contributed by atoms with Gasteiger partial charge >= 0.3 is 5.97 Å². The summed E-state index contributed by atoms with van der Waals surface area (Å²) >= 11 is 0. The van der Waals surface area contributed by atoms with E-state index in [1.807, 2.05) is 12.1 Å². The first kappa shape index (κ1) is 24.4. The first-order valence-corrected chi connectivity index (χ1v) is 12.9. The molecule has 3 heterocycles. The van der Waals surface area contributed by atoms with Crippen molar-refractivity contribution < 1.29 is 19.5 Å². The van der Waals surface area contributed by atoms with Gasteiger partial charge in [0.15, 0.2) is 12.3 Å². The van der Waals surface area contributed by atoms with Gasteiger partial charge in [-0.05, 0) is 50.7 Å². The Hall–Kier alpha value is -3.27. The SMILES string of the molecule is NC(=O)CO/N=C(\C(=O)O)c1nc2ccccc2n(C2C[C@H]3CCC[C@@H](C2)N3C2CCCCC2)c1=O. The standard InChI is InChI=1S/C26H33N5O5/c27-22(32)15-36-29-24(26(34)35)23-25(33)31(21-12-5-4-11-20(21)28-23)19-13-17-9-6-10-18(14-19)30(17)16-7-2-1-3-8-16/h4-5,11-12,16-19H,1-3,6-10,13-15H2,(H2,27,32)(H,34,35)/b29-24-/t17-,18+,19?. The van der Waals surface area contributed by atoms with E-state index in [1.54, 1.807) is 16.7 Å². The maximum Gasteiger partial charge on any atom is 0.360 e. The summed E-state index contributed by atoms with van der Waals surface area (Å²) in [5.74, 6) is -2.27. The largest absolute Gasteiger partial charge is 0.476 e. The van der Waals surface area contributed by atoms with Gasteiger partial charge in [0, 0.05) is 24.2 Å². The minimum absolute atomic E-state index is 0.0686. The lowest BCUT2D eigenvalue weighted by Gasteiger charge is -2.53. The molecule has 0 spiro atoms. The van der Waals surface area contributed by atoms with Gasteiger partial charge in [-0.15, -0.1) is 0 Å². The fourth-order valence-electron chi connectivity index (χ4n) is 6.59. The summed E-state index contributed by atoms with van der Waals surface area (Å²) in [6.45, 7) is -0.596. The smallest absolute Gasteiger partial charge is 0.360 e. The molecule has 1 aliphatic carbocycles. The lowest BCUT2D eigenvalue weighted by Crippen LogP contribution is -2.57. The highest BCUT2D eigenvalue weighted by Crippen LogP contribution is 2.43. The topological polar surface area (TPSA) is 140 Å². The van der Waals surface area contributed by atoms with Crippen LogP contribution in [0.4, 0.5) is 0 Å². The third-order valence-corrected chi connectivity index (χ3v) is 7.95. The quantitative estimate of drug-likeness (QED) is 0.444. The number of piperidine rings is 2. The van der Waals surface area contributed by atoms with E-state index in [4.69, 9.17) is 10.6 Å². The Bertz CT molecular complexity index is 1220. The molecule has 1 saturated carbocycles. The molecule has 3 fully saturated rings. The molecule has 2 saturated heterocycles. The zero-order valence-electron chi connectivity index (χ0n) is 20.3. The zero-order chi connectivity index (χ0) is 25.2. The van der Waals surface area contributed by atoms with Crippen LogP contribution in [0.2, 0.25) is 0 Å². The number of carbonyl (C=O) groups excluding carboxylic acids is 1. The molecular weight excluding hydrogens is 462 g/mol. The first-order valence-electron chi connectivity index (χ1n) is 12.9. The van der Waals surface area contributed by atoms with Gasteiger partial charge in [-0.3, -0.25) is 14.5 Å². The third kappa shape index (κ3) is 4.74. The second-order valence-electron chi connectivity index (χ2n) is 10.2. The van der Waals surface area contributed by atoms with E-state index in [0.717, 1.165) is 25.7 Å². The predicted molar refractivity (Wildman–Crippen MR) is 134 cm³/mol. The number of nitrogens with two attached hydrogens (primary N) is 1. The number of amides is 1. The van der Waals surface area contributed by atoms with E-state index in [-0.39, 0.29) is 11.7 Å². The van der Waals surface area contributed by atoms with Crippen LogP contribution in [0.15, 0.2) is 34.2 Å². The molecule has 1 aromatic carbocycles. The Kier molecular flexibility index (Phi) is 7.04. The number of aromatic nitrogens is 2. The van der Waals surface area contributed by atoms with Gasteiger partial charge < -0.3 is 20.2 Å². The van der Waals surface area contributed by atoms with Crippen molar-refractivity contribution in [2.24, 2.45) is 10.9 Å². The summed E-state index contributed by atoms with van der Waals surface area (Å²) < 4.78 is 1.73. The minimum Gasteiger partial charge on any atom is -0.476 e. The number of para-hydroxylation sites is 2. The predicted octanol–water partition coefficient (Wildman–Crippen LogP) is 2.58. The molecule has 1 amide bonds. The van der Waals surface area contributed by atoms with Gasteiger partial charge in [-0.2, -0.15) is 0 Å².